The number of halogens is 2. The van der Waals surface area contributed by atoms with Crippen molar-refractivity contribution in [1.29, 1.82) is 0 Å². The fourth-order valence-electron chi connectivity index (χ4n) is 1.46. The normalized spacial score (nSPS) is 16.5. The Balaban J connectivity index is 2.39. The molecule has 0 saturated heterocycles. The minimum atomic E-state index is -0.110. The topological polar surface area (TPSA) is 0 Å². The Hall–Kier alpha value is -0.370. The average Bonchev–Trinajstić information content (AvgIpc) is 2.87. The summed E-state index contributed by atoms with van der Waals surface area (Å²) in [7, 11) is 0. The van der Waals surface area contributed by atoms with Gasteiger partial charge in [0.2, 0.25) is 0 Å². The van der Waals surface area contributed by atoms with Gasteiger partial charge in [-0.3, -0.25) is 0 Å². The summed E-state index contributed by atoms with van der Waals surface area (Å²) in [5.74, 6) is 0.523. The Labute approximate surface area is 79.9 Å². The van der Waals surface area contributed by atoms with Crippen molar-refractivity contribution >= 4 is 15.9 Å². The van der Waals surface area contributed by atoms with Gasteiger partial charge in [0, 0.05) is 5.33 Å². The van der Waals surface area contributed by atoms with E-state index >= 15 is 0 Å². The highest BCUT2D eigenvalue weighted by Crippen LogP contribution is 2.42. The first kappa shape index (κ1) is 8.24. The van der Waals surface area contributed by atoms with Crippen LogP contribution in [-0.2, 0) is 5.33 Å². The van der Waals surface area contributed by atoms with E-state index in [0.29, 0.717) is 5.92 Å². The molecule has 0 nitrogen and oxygen atoms in total. The van der Waals surface area contributed by atoms with Crippen molar-refractivity contribution in [1.82, 2.24) is 0 Å². The Kier molecular flexibility index (Phi) is 2.18. The van der Waals surface area contributed by atoms with E-state index < -0.39 is 0 Å². The second-order valence-electron chi connectivity index (χ2n) is 3.25. The van der Waals surface area contributed by atoms with Crippen molar-refractivity contribution in [3.63, 3.8) is 0 Å². The summed E-state index contributed by atoms with van der Waals surface area (Å²) in [6, 6.07) is 5.08. The molecule has 0 N–H and O–H groups in total. The van der Waals surface area contributed by atoms with Crippen molar-refractivity contribution in [3.8, 4) is 0 Å². The molecular weight excluding hydrogens is 219 g/mol. The molecule has 0 heterocycles. The lowest BCUT2D eigenvalue weighted by molar-refractivity contribution is 0.625. The van der Waals surface area contributed by atoms with E-state index in [2.05, 4.69) is 15.9 Å². The first-order valence-corrected chi connectivity index (χ1v) is 5.27. The van der Waals surface area contributed by atoms with Gasteiger partial charge in [-0.2, -0.15) is 0 Å². The SMILES string of the molecule is Fc1ccc(CBr)c(C2CC2)c1. The highest BCUT2D eigenvalue weighted by molar-refractivity contribution is 9.08. The summed E-state index contributed by atoms with van der Waals surface area (Å²) >= 11 is 3.41. The quantitative estimate of drug-likeness (QED) is 0.679. The molecule has 0 atom stereocenters. The summed E-state index contributed by atoms with van der Waals surface area (Å²) in [5, 5.41) is 0.832. The van der Waals surface area contributed by atoms with Crippen LogP contribution < -0.4 is 0 Å². The molecule has 1 fully saturated rings. The smallest absolute Gasteiger partial charge is 0.123 e. The zero-order valence-corrected chi connectivity index (χ0v) is 8.27. The molecule has 2 heteroatoms. The molecule has 12 heavy (non-hydrogen) atoms. The molecule has 0 spiro atoms. The third-order valence-electron chi connectivity index (χ3n) is 2.27. The van der Waals surface area contributed by atoms with E-state index in [1.807, 2.05) is 6.07 Å². The molecule has 0 aromatic heterocycles. The van der Waals surface area contributed by atoms with Gasteiger partial charge in [-0.15, -0.1) is 0 Å². The van der Waals surface area contributed by atoms with Crippen molar-refractivity contribution in [2.75, 3.05) is 0 Å². The molecule has 1 aromatic carbocycles. The standard InChI is InChI=1S/C10H10BrF/c11-6-8-3-4-9(12)5-10(8)7-1-2-7/h3-5,7H,1-2,6H2. The molecule has 1 aromatic rings. The van der Waals surface area contributed by atoms with E-state index in [1.165, 1.54) is 30.0 Å². The zero-order chi connectivity index (χ0) is 8.55. The number of alkyl halides is 1. The molecule has 0 bridgehead atoms. The fraction of sp³-hybridized carbons (Fsp3) is 0.400. The van der Waals surface area contributed by atoms with Gasteiger partial charge in [0.05, 0.1) is 0 Å². The lowest BCUT2D eigenvalue weighted by Crippen LogP contribution is -1.89. The van der Waals surface area contributed by atoms with Crippen molar-refractivity contribution < 1.29 is 4.39 Å². The maximum absolute atomic E-state index is 12.9. The average molecular weight is 229 g/mol. The predicted octanol–water partition coefficient (Wildman–Crippen LogP) is 3.60. The van der Waals surface area contributed by atoms with Gasteiger partial charge in [-0.05, 0) is 42.0 Å². The van der Waals surface area contributed by atoms with Crippen molar-refractivity contribution in [3.05, 3.63) is 35.1 Å². The third kappa shape index (κ3) is 1.53. The van der Waals surface area contributed by atoms with E-state index in [0.717, 1.165) is 5.33 Å². The first-order chi connectivity index (χ1) is 5.81. The van der Waals surface area contributed by atoms with Crippen LogP contribution in [0.3, 0.4) is 0 Å². The maximum Gasteiger partial charge on any atom is 0.123 e. The molecule has 0 radical (unpaired) electrons. The van der Waals surface area contributed by atoms with Crippen molar-refractivity contribution in [2.45, 2.75) is 24.1 Å². The predicted molar refractivity (Wildman–Crippen MR) is 51.0 cm³/mol. The summed E-state index contributed by atoms with van der Waals surface area (Å²) in [5.41, 5.74) is 2.44. The van der Waals surface area contributed by atoms with E-state index in [1.54, 1.807) is 6.07 Å². The van der Waals surface area contributed by atoms with Crippen LogP contribution in [0.2, 0.25) is 0 Å². The molecule has 1 saturated carbocycles. The van der Waals surface area contributed by atoms with E-state index in [9.17, 15) is 4.39 Å². The summed E-state index contributed by atoms with van der Waals surface area (Å²) in [4.78, 5) is 0. The monoisotopic (exact) mass is 228 g/mol. The van der Waals surface area contributed by atoms with Crippen LogP contribution in [0.15, 0.2) is 18.2 Å². The van der Waals surface area contributed by atoms with Gasteiger partial charge in [-0.1, -0.05) is 22.0 Å². The maximum atomic E-state index is 12.9. The molecule has 1 aliphatic rings. The van der Waals surface area contributed by atoms with Crippen LogP contribution in [0.25, 0.3) is 0 Å². The molecule has 2 rings (SSSR count). The third-order valence-corrected chi connectivity index (χ3v) is 2.87. The van der Waals surface area contributed by atoms with E-state index in [-0.39, 0.29) is 5.82 Å². The Morgan fingerprint density at radius 2 is 2.17 bits per heavy atom. The number of benzene rings is 1. The van der Waals surface area contributed by atoms with Crippen LogP contribution in [0.1, 0.15) is 29.9 Å². The minimum Gasteiger partial charge on any atom is -0.207 e. The Morgan fingerprint density at radius 1 is 1.42 bits per heavy atom. The Morgan fingerprint density at radius 3 is 2.75 bits per heavy atom. The van der Waals surface area contributed by atoms with Crippen LogP contribution in [-0.4, -0.2) is 0 Å². The second-order valence-corrected chi connectivity index (χ2v) is 3.81. The number of hydrogen-bond donors (Lipinski definition) is 0. The highest BCUT2D eigenvalue weighted by Gasteiger charge is 2.25. The molecule has 0 amide bonds. The van der Waals surface area contributed by atoms with Gasteiger partial charge >= 0.3 is 0 Å². The largest absolute Gasteiger partial charge is 0.207 e. The van der Waals surface area contributed by atoms with Gasteiger partial charge in [0.25, 0.3) is 0 Å². The van der Waals surface area contributed by atoms with Crippen LogP contribution in [0, 0.1) is 5.82 Å². The van der Waals surface area contributed by atoms with Crippen LogP contribution in [0.5, 0.6) is 0 Å². The van der Waals surface area contributed by atoms with Gasteiger partial charge in [0.15, 0.2) is 0 Å². The Bertz CT molecular complexity index is 292. The summed E-state index contributed by atoms with van der Waals surface area (Å²) in [6.45, 7) is 0. The molecule has 0 aliphatic heterocycles. The molecule has 1 aliphatic carbocycles. The molecule has 64 valence electrons. The molecular formula is C10H10BrF. The lowest BCUT2D eigenvalue weighted by Gasteiger charge is -2.04. The van der Waals surface area contributed by atoms with E-state index in [4.69, 9.17) is 0 Å². The van der Waals surface area contributed by atoms with Gasteiger partial charge in [-0.25, -0.2) is 4.39 Å². The summed E-state index contributed by atoms with van der Waals surface area (Å²) in [6.07, 6.45) is 2.45. The molecule has 0 unspecified atom stereocenters. The van der Waals surface area contributed by atoms with Gasteiger partial charge in [0.1, 0.15) is 5.82 Å². The number of rotatable bonds is 2. The van der Waals surface area contributed by atoms with Crippen LogP contribution in [0.4, 0.5) is 4.39 Å². The van der Waals surface area contributed by atoms with Gasteiger partial charge < -0.3 is 0 Å². The first-order valence-electron chi connectivity index (χ1n) is 4.15. The second kappa shape index (κ2) is 3.17. The lowest BCUT2D eigenvalue weighted by atomic mass is 10.0. The van der Waals surface area contributed by atoms with Crippen LogP contribution >= 0.6 is 15.9 Å². The zero-order valence-electron chi connectivity index (χ0n) is 6.69. The number of hydrogen-bond acceptors (Lipinski definition) is 0. The highest BCUT2D eigenvalue weighted by atomic mass is 79.9. The fourth-order valence-corrected chi connectivity index (χ4v) is 1.97. The van der Waals surface area contributed by atoms with Crippen molar-refractivity contribution in [2.24, 2.45) is 0 Å². The summed E-state index contributed by atoms with van der Waals surface area (Å²) < 4.78 is 12.9. The minimum absolute atomic E-state index is 0.110.